The number of ether oxygens (including phenoxy) is 1. The maximum Gasteiger partial charge on any atom is 0.330 e. The molecular weight excluding hydrogens is 416 g/mol. The molecule has 0 saturated heterocycles. The van der Waals surface area contributed by atoms with Gasteiger partial charge in [-0.2, -0.15) is 0 Å². The van der Waals surface area contributed by atoms with Gasteiger partial charge in [0.05, 0.1) is 6.61 Å². The number of benzene rings is 3. The molecule has 0 spiro atoms. The van der Waals surface area contributed by atoms with Gasteiger partial charge in [-0.25, -0.2) is 4.79 Å². The Bertz CT molecular complexity index is 1070. The Morgan fingerprint density at radius 3 is 2.06 bits per heavy atom. The average Bonchev–Trinajstić information content (AvgIpc) is 2.88. The first-order valence-corrected chi connectivity index (χ1v) is 12.4. The van der Waals surface area contributed by atoms with Crippen molar-refractivity contribution in [2.45, 2.75) is 51.9 Å². The van der Waals surface area contributed by atoms with Crippen LogP contribution in [0.3, 0.4) is 0 Å². The fourth-order valence-corrected chi connectivity index (χ4v) is 4.10. The number of hydrogen-bond acceptors (Lipinski definition) is 2. The van der Waals surface area contributed by atoms with E-state index in [0.29, 0.717) is 6.61 Å². The van der Waals surface area contributed by atoms with E-state index in [1.165, 1.54) is 45.0 Å². The van der Waals surface area contributed by atoms with Crippen molar-refractivity contribution in [2.24, 2.45) is 0 Å². The van der Waals surface area contributed by atoms with E-state index >= 15 is 0 Å². The monoisotopic (exact) mass is 452 g/mol. The first-order chi connectivity index (χ1) is 16.6. The summed E-state index contributed by atoms with van der Waals surface area (Å²) < 4.78 is 5.01. The predicted molar refractivity (Wildman–Crippen MR) is 145 cm³/mol. The van der Waals surface area contributed by atoms with Crippen LogP contribution in [0.5, 0.6) is 0 Å². The molecule has 0 aliphatic carbocycles. The lowest BCUT2D eigenvalue weighted by Crippen LogP contribution is -2.01. The average molecular weight is 453 g/mol. The van der Waals surface area contributed by atoms with Crippen LogP contribution in [-0.4, -0.2) is 12.6 Å². The minimum Gasteiger partial charge on any atom is -0.463 e. The summed E-state index contributed by atoms with van der Waals surface area (Å²) >= 11 is 0. The molecule has 0 fully saturated rings. The van der Waals surface area contributed by atoms with Gasteiger partial charge >= 0.3 is 5.97 Å². The van der Waals surface area contributed by atoms with Crippen LogP contribution in [0, 0.1) is 0 Å². The first-order valence-electron chi connectivity index (χ1n) is 12.4. The largest absolute Gasteiger partial charge is 0.463 e. The van der Waals surface area contributed by atoms with E-state index in [2.05, 4.69) is 92.9 Å². The second kappa shape index (κ2) is 13.3. The van der Waals surface area contributed by atoms with Gasteiger partial charge in [-0.05, 0) is 70.7 Å². The van der Waals surface area contributed by atoms with Crippen molar-refractivity contribution in [3.63, 3.8) is 0 Å². The molecule has 3 rings (SSSR count). The number of esters is 1. The van der Waals surface area contributed by atoms with Gasteiger partial charge < -0.3 is 4.74 Å². The molecule has 0 unspecified atom stereocenters. The van der Waals surface area contributed by atoms with Gasteiger partial charge in [0.25, 0.3) is 0 Å². The third-order valence-electron chi connectivity index (χ3n) is 6.10. The predicted octanol–water partition coefficient (Wildman–Crippen LogP) is 8.67. The summed E-state index contributed by atoms with van der Waals surface area (Å²) in [6, 6.07) is 26.4. The van der Waals surface area contributed by atoms with E-state index in [1.807, 2.05) is 0 Å². The first kappa shape index (κ1) is 25.2. The second-order valence-electron chi connectivity index (χ2n) is 8.74. The SMILES string of the molecule is C=CC(=O)OCCCCCCc1ccc(-c2cccc(-c3ccc(C(=C)CCC)cc3)c2)cc1. The molecule has 0 bridgehead atoms. The summed E-state index contributed by atoms with van der Waals surface area (Å²) in [7, 11) is 0. The van der Waals surface area contributed by atoms with Crippen molar-refractivity contribution in [3.05, 3.63) is 103 Å². The second-order valence-corrected chi connectivity index (χ2v) is 8.74. The van der Waals surface area contributed by atoms with Crippen LogP contribution < -0.4 is 0 Å². The molecular formula is C32H36O2. The Hall–Kier alpha value is -3.39. The number of allylic oxidation sites excluding steroid dienone is 1. The number of unbranched alkanes of at least 4 members (excludes halogenated alkanes) is 3. The van der Waals surface area contributed by atoms with Crippen LogP contribution in [0.2, 0.25) is 0 Å². The summed E-state index contributed by atoms with van der Waals surface area (Å²) in [4.78, 5) is 11.0. The van der Waals surface area contributed by atoms with Crippen molar-refractivity contribution in [3.8, 4) is 22.3 Å². The molecule has 0 N–H and O–H groups in total. The van der Waals surface area contributed by atoms with E-state index in [9.17, 15) is 4.79 Å². The van der Waals surface area contributed by atoms with Crippen LogP contribution >= 0.6 is 0 Å². The van der Waals surface area contributed by atoms with Crippen molar-refractivity contribution in [1.82, 2.24) is 0 Å². The fraction of sp³-hybridized carbons (Fsp3) is 0.281. The highest BCUT2D eigenvalue weighted by Crippen LogP contribution is 2.28. The molecule has 0 aliphatic heterocycles. The minimum absolute atomic E-state index is 0.336. The zero-order valence-electron chi connectivity index (χ0n) is 20.4. The Balaban J connectivity index is 1.53. The number of aryl methyl sites for hydroxylation is 1. The summed E-state index contributed by atoms with van der Waals surface area (Å²) in [5.41, 5.74) is 8.73. The minimum atomic E-state index is -0.336. The Labute approximate surface area is 205 Å². The fourth-order valence-electron chi connectivity index (χ4n) is 4.10. The zero-order chi connectivity index (χ0) is 24.2. The zero-order valence-corrected chi connectivity index (χ0v) is 20.4. The molecule has 0 aromatic heterocycles. The van der Waals surface area contributed by atoms with Crippen LogP contribution in [0.15, 0.2) is 92.0 Å². The number of carbonyl (C=O) groups is 1. The summed E-state index contributed by atoms with van der Waals surface area (Å²) in [5, 5.41) is 0. The van der Waals surface area contributed by atoms with Gasteiger partial charge in [0.15, 0.2) is 0 Å². The number of rotatable bonds is 13. The third-order valence-corrected chi connectivity index (χ3v) is 6.10. The van der Waals surface area contributed by atoms with Crippen molar-refractivity contribution < 1.29 is 9.53 Å². The molecule has 34 heavy (non-hydrogen) atoms. The molecule has 3 aromatic rings. The van der Waals surface area contributed by atoms with Crippen LogP contribution in [0.25, 0.3) is 27.8 Å². The van der Waals surface area contributed by atoms with E-state index in [4.69, 9.17) is 4.74 Å². The van der Waals surface area contributed by atoms with Crippen LogP contribution in [0.4, 0.5) is 0 Å². The molecule has 0 atom stereocenters. The van der Waals surface area contributed by atoms with Crippen LogP contribution in [-0.2, 0) is 16.0 Å². The lowest BCUT2D eigenvalue weighted by Gasteiger charge is -2.09. The highest BCUT2D eigenvalue weighted by Gasteiger charge is 2.04. The van der Waals surface area contributed by atoms with Crippen molar-refractivity contribution >= 4 is 11.5 Å². The van der Waals surface area contributed by atoms with Gasteiger partial charge in [0.2, 0.25) is 0 Å². The van der Waals surface area contributed by atoms with Gasteiger partial charge in [-0.15, -0.1) is 0 Å². The van der Waals surface area contributed by atoms with E-state index in [0.717, 1.165) is 44.9 Å². The molecule has 0 saturated carbocycles. The molecule has 2 nitrogen and oxygen atoms in total. The molecule has 3 aromatic carbocycles. The standard InChI is InChI=1S/C32H36O2/c1-4-11-25(3)27-19-21-29(22-20-27)31-14-10-13-30(24-31)28-17-15-26(16-18-28)12-8-6-7-9-23-34-32(33)5-2/h5,10,13-22,24H,2-4,6-9,11-12,23H2,1H3. The number of hydrogen-bond donors (Lipinski definition) is 0. The smallest absolute Gasteiger partial charge is 0.330 e. The van der Waals surface area contributed by atoms with Crippen LogP contribution in [0.1, 0.15) is 56.6 Å². The Morgan fingerprint density at radius 2 is 1.44 bits per heavy atom. The van der Waals surface area contributed by atoms with Crippen molar-refractivity contribution in [1.29, 1.82) is 0 Å². The lowest BCUT2D eigenvalue weighted by molar-refractivity contribution is -0.137. The number of carbonyl (C=O) groups excluding carboxylic acids is 1. The lowest BCUT2D eigenvalue weighted by atomic mass is 9.96. The highest BCUT2D eigenvalue weighted by molar-refractivity contribution is 5.81. The van der Waals surface area contributed by atoms with Crippen molar-refractivity contribution in [2.75, 3.05) is 6.61 Å². The molecule has 0 amide bonds. The summed E-state index contributed by atoms with van der Waals surface area (Å²) in [5.74, 6) is -0.336. The van der Waals surface area contributed by atoms with Gasteiger partial charge in [-0.1, -0.05) is 106 Å². The Morgan fingerprint density at radius 1 is 0.824 bits per heavy atom. The van der Waals surface area contributed by atoms with Gasteiger partial charge in [0.1, 0.15) is 0 Å². The molecule has 0 radical (unpaired) electrons. The molecule has 2 heteroatoms. The summed E-state index contributed by atoms with van der Waals surface area (Å²) in [6.45, 7) is 10.3. The van der Waals surface area contributed by atoms with E-state index < -0.39 is 0 Å². The molecule has 0 aliphatic rings. The molecule has 0 heterocycles. The highest BCUT2D eigenvalue weighted by atomic mass is 16.5. The summed E-state index contributed by atoms with van der Waals surface area (Å²) in [6.07, 6.45) is 8.71. The molecule has 176 valence electrons. The van der Waals surface area contributed by atoms with E-state index in [-0.39, 0.29) is 5.97 Å². The maximum absolute atomic E-state index is 11.0. The normalized spacial score (nSPS) is 10.6. The van der Waals surface area contributed by atoms with Gasteiger partial charge in [-0.3, -0.25) is 0 Å². The van der Waals surface area contributed by atoms with Gasteiger partial charge in [0, 0.05) is 6.08 Å². The maximum atomic E-state index is 11.0. The topological polar surface area (TPSA) is 26.3 Å². The van der Waals surface area contributed by atoms with E-state index in [1.54, 1.807) is 0 Å². The quantitative estimate of drug-likeness (QED) is 0.147. The third kappa shape index (κ3) is 7.59. The Kier molecular flexibility index (Phi) is 9.91.